The van der Waals surface area contributed by atoms with Crippen molar-refractivity contribution >= 4 is 45.6 Å². The number of nitrogens with one attached hydrogen (secondary N) is 3. The number of rotatable bonds is 6. The minimum absolute atomic E-state index is 0.0763. The molecule has 0 fully saturated rings. The van der Waals surface area contributed by atoms with Crippen molar-refractivity contribution < 1.29 is 14.4 Å². The lowest BCUT2D eigenvalue weighted by molar-refractivity contribution is -0.119. The first-order chi connectivity index (χ1) is 14.3. The van der Waals surface area contributed by atoms with Gasteiger partial charge in [-0.05, 0) is 36.4 Å². The highest BCUT2D eigenvalue weighted by Crippen LogP contribution is 2.26. The summed E-state index contributed by atoms with van der Waals surface area (Å²) < 4.78 is 0. The molecule has 3 N–H and O–H groups in total. The van der Waals surface area contributed by atoms with Gasteiger partial charge in [-0.1, -0.05) is 26.0 Å². The van der Waals surface area contributed by atoms with Gasteiger partial charge in [0.1, 0.15) is 0 Å². The smallest absolute Gasteiger partial charge is 0.257 e. The predicted molar refractivity (Wildman–Crippen MR) is 120 cm³/mol. The fourth-order valence-electron chi connectivity index (χ4n) is 2.55. The van der Waals surface area contributed by atoms with Gasteiger partial charge in [-0.15, -0.1) is 11.3 Å². The highest BCUT2D eigenvalue weighted by atomic mass is 32.1. The molecule has 1 heterocycles. The third-order valence-corrected chi connectivity index (χ3v) is 4.92. The van der Waals surface area contributed by atoms with Crippen LogP contribution >= 0.6 is 11.3 Å². The van der Waals surface area contributed by atoms with E-state index >= 15 is 0 Å². The molecule has 3 amide bonds. The molecule has 1 aromatic heterocycles. The zero-order valence-corrected chi connectivity index (χ0v) is 17.7. The second kappa shape index (κ2) is 9.32. The molecule has 0 aliphatic rings. The number of aromatic nitrogens is 1. The van der Waals surface area contributed by atoms with Crippen LogP contribution in [0.4, 0.5) is 16.5 Å². The van der Waals surface area contributed by atoms with Crippen molar-refractivity contribution in [1.82, 2.24) is 4.98 Å². The van der Waals surface area contributed by atoms with E-state index in [9.17, 15) is 14.4 Å². The summed E-state index contributed by atoms with van der Waals surface area (Å²) >= 11 is 1.33. The Balaban J connectivity index is 1.63. The Hall–Kier alpha value is -3.52. The van der Waals surface area contributed by atoms with Crippen molar-refractivity contribution in [3.8, 4) is 11.3 Å². The highest BCUT2D eigenvalue weighted by molar-refractivity contribution is 7.14. The number of thiazole rings is 1. The van der Waals surface area contributed by atoms with Gasteiger partial charge < -0.3 is 10.6 Å². The van der Waals surface area contributed by atoms with Crippen LogP contribution in [-0.4, -0.2) is 22.7 Å². The van der Waals surface area contributed by atoms with Crippen LogP contribution in [0.3, 0.4) is 0 Å². The first-order valence-corrected chi connectivity index (χ1v) is 10.3. The molecule has 0 saturated carbocycles. The van der Waals surface area contributed by atoms with Gasteiger partial charge in [-0.3, -0.25) is 19.7 Å². The number of benzene rings is 2. The maximum Gasteiger partial charge on any atom is 0.257 e. The lowest BCUT2D eigenvalue weighted by Crippen LogP contribution is -2.18. The normalized spacial score (nSPS) is 10.5. The van der Waals surface area contributed by atoms with E-state index in [2.05, 4.69) is 20.9 Å². The SMILES string of the molecule is CC(=O)Nc1ccc(-c2csc(NC(=O)c3ccc(NC(=O)C(C)C)cc3)n2)cc1. The van der Waals surface area contributed by atoms with E-state index in [0.717, 1.165) is 11.3 Å². The van der Waals surface area contributed by atoms with Gasteiger partial charge >= 0.3 is 0 Å². The lowest BCUT2D eigenvalue weighted by Gasteiger charge is -2.08. The zero-order valence-electron chi connectivity index (χ0n) is 16.9. The van der Waals surface area contributed by atoms with Crippen molar-refractivity contribution in [2.24, 2.45) is 5.92 Å². The number of hydrogen-bond donors (Lipinski definition) is 3. The monoisotopic (exact) mass is 422 g/mol. The highest BCUT2D eigenvalue weighted by Gasteiger charge is 2.12. The fraction of sp³-hybridized carbons (Fsp3) is 0.182. The van der Waals surface area contributed by atoms with E-state index in [1.807, 2.05) is 31.4 Å². The van der Waals surface area contributed by atoms with Crippen molar-refractivity contribution in [2.75, 3.05) is 16.0 Å². The fourth-order valence-corrected chi connectivity index (χ4v) is 3.27. The molecule has 2 aromatic carbocycles. The summed E-state index contributed by atoms with van der Waals surface area (Å²) in [6, 6.07) is 14.0. The van der Waals surface area contributed by atoms with Crippen LogP contribution in [0.5, 0.6) is 0 Å². The Morgan fingerprint density at radius 2 is 1.47 bits per heavy atom. The van der Waals surface area contributed by atoms with Crippen LogP contribution in [0, 0.1) is 5.92 Å². The largest absolute Gasteiger partial charge is 0.326 e. The number of carbonyl (C=O) groups is 3. The Kier molecular flexibility index (Phi) is 6.58. The van der Waals surface area contributed by atoms with Gasteiger partial charge in [0.05, 0.1) is 5.69 Å². The average molecular weight is 423 g/mol. The van der Waals surface area contributed by atoms with Crippen molar-refractivity contribution in [1.29, 1.82) is 0 Å². The van der Waals surface area contributed by atoms with Gasteiger partial charge in [0, 0.05) is 40.7 Å². The summed E-state index contributed by atoms with van der Waals surface area (Å²) in [6.45, 7) is 5.09. The van der Waals surface area contributed by atoms with Crippen LogP contribution in [0.1, 0.15) is 31.1 Å². The maximum absolute atomic E-state index is 12.5. The van der Waals surface area contributed by atoms with Crippen molar-refractivity contribution in [2.45, 2.75) is 20.8 Å². The van der Waals surface area contributed by atoms with E-state index in [1.165, 1.54) is 18.3 Å². The molecule has 0 spiro atoms. The second-order valence-electron chi connectivity index (χ2n) is 6.97. The van der Waals surface area contributed by atoms with E-state index in [-0.39, 0.29) is 23.6 Å². The predicted octanol–water partition coefficient (Wildman–Crippen LogP) is 4.62. The van der Waals surface area contributed by atoms with E-state index in [1.54, 1.807) is 36.4 Å². The lowest BCUT2D eigenvalue weighted by atomic mass is 10.1. The molecule has 30 heavy (non-hydrogen) atoms. The number of amides is 3. The summed E-state index contributed by atoms with van der Waals surface area (Å²) in [7, 11) is 0. The number of anilines is 3. The number of hydrogen-bond acceptors (Lipinski definition) is 5. The van der Waals surface area contributed by atoms with Gasteiger partial charge in [-0.2, -0.15) is 0 Å². The third kappa shape index (κ3) is 5.51. The maximum atomic E-state index is 12.5. The molecule has 0 aliphatic heterocycles. The molecule has 3 aromatic rings. The molecule has 7 nitrogen and oxygen atoms in total. The summed E-state index contributed by atoms with van der Waals surface area (Å²) in [6.07, 6.45) is 0. The minimum Gasteiger partial charge on any atom is -0.326 e. The summed E-state index contributed by atoms with van der Waals surface area (Å²) in [5.74, 6) is -0.600. The number of nitrogens with zero attached hydrogens (tertiary/aromatic N) is 1. The number of carbonyl (C=O) groups excluding carboxylic acids is 3. The molecular weight excluding hydrogens is 400 g/mol. The Bertz CT molecular complexity index is 1060. The summed E-state index contributed by atoms with van der Waals surface area (Å²) in [5, 5.41) is 10.6. The second-order valence-corrected chi connectivity index (χ2v) is 7.83. The molecule has 0 atom stereocenters. The van der Waals surface area contributed by atoms with Crippen LogP contribution in [0.2, 0.25) is 0 Å². The molecule has 8 heteroatoms. The van der Waals surface area contributed by atoms with Crippen LogP contribution in [0.25, 0.3) is 11.3 Å². The summed E-state index contributed by atoms with van der Waals surface area (Å²) in [4.78, 5) is 39.8. The third-order valence-electron chi connectivity index (χ3n) is 4.16. The zero-order chi connectivity index (χ0) is 21.7. The minimum atomic E-state index is -0.279. The average Bonchev–Trinajstić information content (AvgIpc) is 3.17. The first-order valence-electron chi connectivity index (χ1n) is 9.37. The quantitative estimate of drug-likeness (QED) is 0.540. The van der Waals surface area contributed by atoms with Crippen LogP contribution in [-0.2, 0) is 9.59 Å². The molecular formula is C22H22N4O3S. The Morgan fingerprint density at radius 1 is 0.867 bits per heavy atom. The van der Waals surface area contributed by atoms with E-state index < -0.39 is 0 Å². The molecule has 0 unspecified atom stereocenters. The Morgan fingerprint density at radius 3 is 2.07 bits per heavy atom. The molecule has 0 bridgehead atoms. The van der Waals surface area contributed by atoms with Gasteiger partial charge in [0.25, 0.3) is 5.91 Å². The van der Waals surface area contributed by atoms with Gasteiger partial charge in [0.15, 0.2) is 5.13 Å². The van der Waals surface area contributed by atoms with Crippen LogP contribution < -0.4 is 16.0 Å². The Labute approximate surface area is 178 Å². The molecule has 0 aliphatic carbocycles. The van der Waals surface area contributed by atoms with Crippen molar-refractivity contribution in [3.05, 3.63) is 59.5 Å². The first kappa shape index (κ1) is 21.2. The van der Waals surface area contributed by atoms with E-state index in [0.29, 0.717) is 22.1 Å². The van der Waals surface area contributed by atoms with Crippen molar-refractivity contribution in [3.63, 3.8) is 0 Å². The molecule has 0 saturated heterocycles. The molecule has 0 radical (unpaired) electrons. The molecule has 154 valence electrons. The standard InChI is InChI=1S/C22H22N4O3S/c1-13(2)20(28)24-18-10-6-16(7-11-18)21(29)26-22-25-19(12-30-22)15-4-8-17(9-5-15)23-14(3)27/h4-13H,1-3H3,(H,23,27)(H,24,28)(H,25,26,29). The summed E-state index contributed by atoms with van der Waals surface area (Å²) in [5.41, 5.74) is 3.43. The molecule has 3 rings (SSSR count). The van der Waals surface area contributed by atoms with Crippen LogP contribution in [0.15, 0.2) is 53.9 Å². The van der Waals surface area contributed by atoms with Gasteiger partial charge in [-0.25, -0.2) is 4.98 Å². The topological polar surface area (TPSA) is 100 Å². The van der Waals surface area contributed by atoms with Gasteiger partial charge in [0.2, 0.25) is 11.8 Å². The van der Waals surface area contributed by atoms with E-state index in [4.69, 9.17) is 0 Å².